The van der Waals surface area contributed by atoms with Crippen molar-refractivity contribution >= 4 is 16.6 Å². The lowest BCUT2D eigenvalue weighted by molar-refractivity contribution is 0.486. The Kier molecular flexibility index (Phi) is 3.60. The van der Waals surface area contributed by atoms with Crippen LogP contribution in [-0.2, 0) is 13.0 Å². The number of aryl methyl sites for hydroxylation is 2. The van der Waals surface area contributed by atoms with Gasteiger partial charge in [0, 0.05) is 35.8 Å². The molecule has 0 saturated heterocycles. The fourth-order valence-electron chi connectivity index (χ4n) is 2.60. The van der Waals surface area contributed by atoms with Gasteiger partial charge in [-0.1, -0.05) is 0 Å². The summed E-state index contributed by atoms with van der Waals surface area (Å²) in [5.74, 6) is 0.950. The van der Waals surface area contributed by atoms with Crippen LogP contribution >= 0.6 is 0 Å². The summed E-state index contributed by atoms with van der Waals surface area (Å²) in [5.41, 5.74) is 7.83. The van der Waals surface area contributed by atoms with E-state index in [1.807, 2.05) is 16.8 Å². The van der Waals surface area contributed by atoms with Gasteiger partial charge in [-0.2, -0.15) is 0 Å². The number of tetrazole rings is 1. The molecule has 2 aromatic heterocycles. The number of benzene rings is 1. The van der Waals surface area contributed by atoms with Gasteiger partial charge in [-0.3, -0.25) is 0 Å². The SMILES string of the molecule is CC(C)n1nnnc1CCCn1ccc2cc(N)ccc21. The van der Waals surface area contributed by atoms with E-state index in [2.05, 4.69) is 52.3 Å². The average molecular weight is 284 g/mol. The molecule has 21 heavy (non-hydrogen) atoms. The fraction of sp³-hybridized carbons (Fsp3) is 0.400. The first kappa shape index (κ1) is 13.6. The van der Waals surface area contributed by atoms with Gasteiger partial charge in [0.2, 0.25) is 0 Å². The van der Waals surface area contributed by atoms with Gasteiger partial charge in [0.15, 0.2) is 5.82 Å². The summed E-state index contributed by atoms with van der Waals surface area (Å²) in [6.45, 7) is 5.12. The minimum absolute atomic E-state index is 0.297. The molecule has 0 saturated carbocycles. The van der Waals surface area contributed by atoms with E-state index < -0.39 is 0 Å². The number of fused-ring (bicyclic) bond motifs is 1. The molecule has 0 amide bonds. The van der Waals surface area contributed by atoms with Crippen molar-refractivity contribution in [3.8, 4) is 0 Å². The van der Waals surface area contributed by atoms with Crippen molar-refractivity contribution in [1.29, 1.82) is 0 Å². The zero-order valence-electron chi connectivity index (χ0n) is 12.4. The van der Waals surface area contributed by atoms with Gasteiger partial charge in [-0.15, -0.1) is 5.10 Å². The van der Waals surface area contributed by atoms with E-state index >= 15 is 0 Å². The molecule has 0 spiro atoms. The molecule has 0 aliphatic rings. The highest BCUT2D eigenvalue weighted by molar-refractivity contribution is 5.83. The highest BCUT2D eigenvalue weighted by Crippen LogP contribution is 2.19. The van der Waals surface area contributed by atoms with Crippen molar-refractivity contribution < 1.29 is 0 Å². The Morgan fingerprint density at radius 1 is 1.24 bits per heavy atom. The largest absolute Gasteiger partial charge is 0.399 e. The highest BCUT2D eigenvalue weighted by Gasteiger charge is 2.09. The van der Waals surface area contributed by atoms with E-state index in [1.54, 1.807) is 0 Å². The summed E-state index contributed by atoms with van der Waals surface area (Å²) in [7, 11) is 0. The maximum Gasteiger partial charge on any atom is 0.151 e. The van der Waals surface area contributed by atoms with Crippen molar-refractivity contribution in [3.63, 3.8) is 0 Å². The first-order chi connectivity index (χ1) is 10.1. The molecule has 1 aromatic carbocycles. The molecule has 0 aliphatic heterocycles. The van der Waals surface area contributed by atoms with Crippen LogP contribution < -0.4 is 5.73 Å². The summed E-state index contributed by atoms with van der Waals surface area (Å²) in [5, 5.41) is 13.1. The fourth-order valence-corrected chi connectivity index (χ4v) is 2.60. The van der Waals surface area contributed by atoms with Crippen LogP contribution in [0.15, 0.2) is 30.5 Å². The average Bonchev–Trinajstić information content (AvgIpc) is 3.05. The van der Waals surface area contributed by atoms with Gasteiger partial charge < -0.3 is 10.3 Å². The van der Waals surface area contributed by atoms with Crippen LogP contribution in [-0.4, -0.2) is 24.8 Å². The molecule has 2 N–H and O–H groups in total. The zero-order chi connectivity index (χ0) is 14.8. The Labute approximate surface area is 123 Å². The number of hydrogen-bond donors (Lipinski definition) is 1. The molecule has 3 aromatic rings. The Morgan fingerprint density at radius 3 is 2.90 bits per heavy atom. The van der Waals surface area contributed by atoms with Crippen LogP contribution in [0.1, 0.15) is 32.1 Å². The van der Waals surface area contributed by atoms with E-state index in [-0.39, 0.29) is 0 Å². The Bertz CT molecular complexity index is 740. The molecule has 3 rings (SSSR count). The van der Waals surface area contributed by atoms with Gasteiger partial charge in [0.05, 0.1) is 6.04 Å². The van der Waals surface area contributed by atoms with Gasteiger partial charge >= 0.3 is 0 Å². The number of anilines is 1. The van der Waals surface area contributed by atoms with Crippen LogP contribution in [0.5, 0.6) is 0 Å². The lowest BCUT2D eigenvalue weighted by atomic mass is 10.2. The van der Waals surface area contributed by atoms with E-state index in [0.29, 0.717) is 6.04 Å². The third-order valence-corrected chi connectivity index (χ3v) is 3.64. The summed E-state index contributed by atoms with van der Waals surface area (Å²) in [6.07, 6.45) is 3.98. The molecule has 0 atom stereocenters. The van der Waals surface area contributed by atoms with Crippen molar-refractivity contribution in [2.75, 3.05) is 5.73 Å². The lowest BCUT2D eigenvalue weighted by Gasteiger charge is -2.08. The van der Waals surface area contributed by atoms with Crippen LogP contribution in [0, 0.1) is 0 Å². The zero-order valence-corrected chi connectivity index (χ0v) is 12.4. The third-order valence-electron chi connectivity index (χ3n) is 3.64. The number of nitrogens with zero attached hydrogens (tertiary/aromatic N) is 5. The maximum atomic E-state index is 5.81. The quantitative estimate of drug-likeness (QED) is 0.730. The molecular formula is C15H20N6. The number of rotatable bonds is 5. The van der Waals surface area contributed by atoms with E-state index in [4.69, 9.17) is 5.73 Å². The number of nitrogens with two attached hydrogens (primary N) is 1. The first-order valence-corrected chi connectivity index (χ1v) is 7.26. The second kappa shape index (κ2) is 5.55. The molecule has 0 bridgehead atoms. The monoisotopic (exact) mass is 284 g/mol. The number of hydrogen-bond acceptors (Lipinski definition) is 4. The second-order valence-electron chi connectivity index (χ2n) is 5.56. The maximum absolute atomic E-state index is 5.81. The van der Waals surface area contributed by atoms with Gasteiger partial charge in [0.25, 0.3) is 0 Å². The molecule has 2 heterocycles. The predicted octanol–water partition coefficient (Wildman–Crippen LogP) is 2.42. The topological polar surface area (TPSA) is 74.5 Å². The van der Waals surface area contributed by atoms with Crippen molar-refractivity contribution in [2.45, 2.75) is 39.3 Å². The Hall–Kier alpha value is -2.37. The van der Waals surface area contributed by atoms with Crippen LogP contribution in [0.3, 0.4) is 0 Å². The summed E-state index contributed by atoms with van der Waals surface area (Å²) in [4.78, 5) is 0. The summed E-state index contributed by atoms with van der Waals surface area (Å²) < 4.78 is 4.13. The minimum atomic E-state index is 0.297. The molecule has 6 heteroatoms. The van der Waals surface area contributed by atoms with E-state index in [0.717, 1.165) is 30.9 Å². The third kappa shape index (κ3) is 2.74. The van der Waals surface area contributed by atoms with Crippen molar-refractivity contribution in [2.24, 2.45) is 0 Å². The van der Waals surface area contributed by atoms with Gasteiger partial charge in [-0.05, 0) is 55.0 Å². The molecular weight excluding hydrogens is 264 g/mol. The van der Waals surface area contributed by atoms with Crippen molar-refractivity contribution in [1.82, 2.24) is 24.8 Å². The van der Waals surface area contributed by atoms with E-state index in [9.17, 15) is 0 Å². The van der Waals surface area contributed by atoms with Gasteiger partial charge in [0.1, 0.15) is 0 Å². The van der Waals surface area contributed by atoms with Crippen LogP contribution in [0.2, 0.25) is 0 Å². The summed E-state index contributed by atoms with van der Waals surface area (Å²) >= 11 is 0. The Balaban J connectivity index is 1.68. The van der Waals surface area contributed by atoms with Crippen LogP contribution in [0.25, 0.3) is 10.9 Å². The van der Waals surface area contributed by atoms with Crippen molar-refractivity contribution in [3.05, 3.63) is 36.3 Å². The first-order valence-electron chi connectivity index (χ1n) is 7.26. The second-order valence-corrected chi connectivity index (χ2v) is 5.56. The number of nitrogen functional groups attached to an aromatic ring is 1. The predicted molar refractivity (Wildman–Crippen MR) is 82.9 cm³/mol. The molecule has 0 aliphatic carbocycles. The standard InChI is InChI=1S/C15H20N6/c1-11(2)21-15(17-18-19-21)4-3-8-20-9-7-12-10-13(16)5-6-14(12)20/h5-7,9-11H,3-4,8,16H2,1-2H3. The summed E-state index contributed by atoms with van der Waals surface area (Å²) in [6, 6.07) is 8.42. The minimum Gasteiger partial charge on any atom is -0.399 e. The molecule has 0 radical (unpaired) electrons. The highest BCUT2D eigenvalue weighted by atomic mass is 15.5. The van der Waals surface area contributed by atoms with Crippen LogP contribution in [0.4, 0.5) is 5.69 Å². The van der Waals surface area contributed by atoms with Gasteiger partial charge in [-0.25, -0.2) is 4.68 Å². The smallest absolute Gasteiger partial charge is 0.151 e. The van der Waals surface area contributed by atoms with E-state index in [1.165, 1.54) is 10.9 Å². The normalized spacial score (nSPS) is 11.6. The Morgan fingerprint density at radius 2 is 2.10 bits per heavy atom. The molecule has 6 nitrogen and oxygen atoms in total. The lowest BCUT2D eigenvalue weighted by Crippen LogP contribution is -2.09. The molecule has 110 valence electrons. The number of aromatic nitrogens is 5. The molecule has 0 unspecified atom stereocenters. The molecule has 0 fully saturated rings.